The molecule has 6 heteroatoms. The Bertz CT molecular complexity index is 777. The zero-order chi connectivity index (χ0) is 14.2. The van der Waals surface area contributed by atoms with Gasteiger partial charge in [0.2, 0.25) is 5.82 Å². The number of aromatic nitrogens is 3. The summed E-state index contributed by atoms with van der Waals surface area (Å²) in [6.07, 6.45) is 5.08. The number of oxazole rings is 1. The van der Waals surface area contributed by atoms with Gasteiger partial charge >= 0.3 is 0 Å². The van der Waals surface area contributed by atoms with Gasteiger partial charge in [-0.15, -0.1) is 0 Å². The first kappa shape index (κ1) is 12.6. The van der Waals surface area contributed by atoms with Crippen LogP contribution in [0.25, 0.3) is 23.0 Å². The second-order valence-corrected chi connectivity index (χ2v) is 5.57. The fourth-order valence-electron chi connectivity index (χ4n) is 2.30. The smallest absolute Gasteiger partial charge is 0.280 e. The molecule has 3 aromatic rings. The highest BCUT2D eigenvalue weighted by Gasteiger charge is 2.25. The Morgan fingerprint density at radius 2 is 2.10 bits per heavy atom. The summed E-state index contributed by atoms with van der Waals surface area (Å²) in [5.41, 5.74) is 1.39. The topological polar surface area (TPSA) is 65.0 Å². The van der Waals surface area contributed by atoms with Crippen LogP contribution in [-0.4, -0.2) is 15.1 Å². The summed E-state index contributed by atoms with van der Waals surface area (Å²) in [7, 11) is 0. The third-order valence-electron chi connectivity index (χ3n) is 3.70. The predicted molar refractivity (Wildman–Crippen MR) is 76.8 cm³/mol. The maximum atomic E-state index is 5.97. The predicted octanol–water partition coefficient (Wildman–Crippen LogP) is 4.31. The van der Waals surface area contributed by atoms with Crippen LogP contribution in [0.15, 0.2) is 39.5 Å². The largest absolute Gasteiger partial charge is 0.448 e. The molecule has 4 rings (SSSR count). The minimum atomic E-state index is 0.360. The Balaban J connectivity index is 1.63. The fraction of sp³-hybridized carbons (Fsp3) is 0.267. The van der Waals surface area contributed by atoms with Gasteiger partial charge in [-0.1, -0.05) is 35.3 Å². The first-order valence-electron chi connectivity index (χ1n) is 6.85. The van der Waals surface area contributed by atoms with Crippen molar-refractivity contribution in [1.82, 2.24) is 15.1 Å². The first-order chi connectivity index (χ1) is 10.3. The lowest BCUT2D eigenvalue weighted by Crippen LogP contribution is -2.08. The van der Waals surface area contributed by atoms with Crippen molar-refractivity contribution < 1.29 is 8.94 Å². The summed E-state index contributed by atoms with van der Waals surface area (Å²) < 4.78 is 10.8. The van der Waals surface area contributed by atoms with Gasteiger partial charge in [0.05, 0.1) is 0 Å². The van der Waals surface area contributed by atoms with Crippen molar-refractivity contribution in [3.8, 4) is 23.0 Å². The van der Waals surface area contributed by atoms with Gasteiger partial charge in [-0.05, 0) is 25.0 Å². The molecule has 2 aromatic heterocycles. The van der Waals surface area contributed by atoms with E-state index in [9.17, 15) is 0 Å². The second-order valence-electron chi connectivity index (χ2n) is 5.13. The molecule has 21 heavy (non-hydrogen) atoms. The van der Waals surface area contributed by atoms with E-state index in [4.69, 9.17) is 20.5 Å². The lowest BCUT2D eigenvalue weighted by atomic mass is 9.85. The maximum Gasteiger partial charge on any atom is 0.280 e. The average Bonchev–Trinajstić information content (AvgIpc) is 3.05. The lowest BCUT2D eigenvalue weighted by Gasteiger charge is -2.21. The average molecular weight is 302 g/mol. The molecule has 0 bridgehead atoms. The Kier molecular flexibility index (Phi) is 3.00. The van der Waals surface area contributed by atoms with E-state index < -0.39 is 0 Å². The SMILES string of the molecule is Clc1cccc(-c2noc(-c3coc(C4CCC4)n3)n2)c1. The highest BCUT2D eigenvalue weighted by atomic mass is 35.5. The molecule has 1 fully saturated rings. The van der Waals surface area contributed by atoms with Crippen molar-refractivity contribution in [2.45, 2.75) is 25.2 Å². The van der Waals surface area contributed by atoms with E-state index in [2.05, 4.69) is 15.1 Å². The van der Waals surface area contributed by atoms with E-state index in [1.807, 2.05) is 12.1 Å². The maximum absolute atomic E-state index is 5.97. The molecule has 0 unspecified atom stereocenters. The number of benzene rings is 1. The van der Waals surface area contributed by atoms with Crippen molar-refractivity contribution in [1.29, 1.82) is 0 Å². The van der Waals surface area contributed by atoms with E-state index >= 15 is 0 Å². The first-order valence-corrected chi connectivity index (χ1v) is 7.23. The van der Waals surface area contributed by atoms with Crippen LogP contribution in [0.2, 0.25) is 5.02 Å². The minimum absolute atomic E-state index is 0.360. The van der Waals surface area contributed by atoms with Gasteiger partial charge in [-0.3, -0.25) is 0 Å². The molecular weight excluding hydrogens is 290 g/mol. The molecule has 5 nitrogen and oxygen atoms in total. The summed E-state index contributed by atoms with van der Waals surface area (Å²) in [4.78, 5) is 8.79. The van der Waals surface area contributed by atoms with Crippen molar-refractivity contribution in [3.63, 3.8) is 0 Å². The van der Waals surface area contributed by atoms with E-state index in [1.165, 1.54) is 6.42 Å². The highest BCUT2D eigenvalue weighted by molar-refractivity contribution is 6.30. The van der Waals surface area contributed by atoms with Crippen LogP contribution in [-0.2, 0) is 0 Å². The van der Waals surface area contributed by atoms with Crippen LogP contribution < -0.4 is 0 Å². The Hall–Kier alpha value is -2.14. The van der Waals surface area contributed by atoms with Crippen LogP contribution in [0.1, 0.15) is 31.1 Å². The van der Waals surface area contributed by atoms with E-state index in [0.29, 0.717) is 28.3 Å². The molecule has 0 aliphatic heterocycles. The third kappa shape index (κ3) is 2.34. The zero-order valence-corrected chi connectivity index (χ0v) is 11.9. The molecular formula is C15H12ClN3O2. The molecule has 0 N–H and O–H groups in total. The van der Waals surface area contributed by atoms with Gasteiger partial charge in [-0.25, -0.2) is 4.98 Å². The minimum Gasteiger partial charge on any atom is -0.448 e. The van der Waals surface area contributed by atoms with Gasteiger partial charge in [0, 0.05) is 16.5 Å². The van der Waals surface area contributed by atoms with E-state index in [0.717, 1.165) is 24.3 Å². The molecule has 1 aliphatic carbocycles. The molecule has 0 saturated heterocycles. The number of hydrogen-bond acceptors (Lipinski definition) is 5. The molecule has 1 aliphatic rings. The Labute approximate surface area is 126 Å². The van der Waals surface area contributed by atoms with Crippen LogP contribution in [0.4, 0.5) is 0 Å². The molecule has 1 aromatic carbocycles. The Morgan fingerprint density at radius 3 is 2.86 bits per heavy atom. The normalized spacial score (nSPS) is 15.1. The molecule has 0 atom stereocenters. The molecule has 2 heterocycles. The zero-order valence-electron chi connectivity index (χ0n) is 11.1. The van der Waals surface area contributed by atoms with Crippen LogP contribution in [0, 0.1) is 0 Å². The molecule has 0 spiro atoms. The van der Waals surface area contributed by atoms with Crippen LogP contribution in [0.5, 0.6) is 0 Å². The number of hydrogen-bond donors (Lipinski definition) is 0. The van der Waals surface area contributed by atoms with Gasteiger partial charge in [0.15, 0.2) is 11.6 Å². The summed E-state index contributed by atoms with van der Waals surface area (Å²) in [6, 6.07) is 7.31. The van der Waals surface area contributed by atoms with Gasteiger partial charge in [-0.2, -0.15) is 4.98 Å². The van der Waals surface area contributed by atoms with Crippen LogP contribution in [0.3, 0.4) is 0 Å². The summed E-state index contributed by atoms with van der Waals surface area (Å²) in [5.74, 6) is 2.05. The van der Waals surface area contributed by atoms with Gasteiger partial charge < -0.3 is 8.94 Å². The second kappa shape index (κ2) is 5.00. The van der Waals surface area contributed by atoms with E-state index in [1.54, 1.807) is 18.4 Å². The summed E-state index contributed by atoms with van der Waals surface area (Å²) in [5, 5.41) is 4.60. The summed E-state index contributed by atoms with van der Waals surface area (Å²) in [6.45, 7) is 0. The van der Waals surface area contributed by atoms with Crippen molar-refractivity contribution in [3.05, 3.63) is 41.4 Å². The third-order valence-corrected chi connectivity index (χ3v) is 3.94. The quantitative estimate of drug-likeness (QED) is 0.721. The Morgan fingerprint density at radius 1 is 1.19 bits per heavy atom. The highest BCUT2D eigenvalue weighted by Crippen LogP contribution is 2.36. The molecule has 0 amide bonds. The standard InChI is InChI=1S/C15H12ClN3O2/c16-11-6-2-5-10(7-11)13-18-15(21-19-13)12-8-20-14(17-12)9-3-1-4-9/h2,5-9H,1,3-4H2. The number of nitrogens with zero attached hydrogens (tertiary/aromatic N) is 3. The number of halogens is 1. The molecule has 1 saturated carbocycles. The monoisotopic (exact) mass is 301 g/mol. The summed E-state index contributed by atoms with van der Waals surface area (Å²) >= 11 is 5.97. The number of rotatable bonds is 3. The van der Waals surface area contributed by atoms with E-state index in [-0.39, 0.29) is 0 Å². The van der Waals surface area contributed by atoms with Gasteiger partial charge in [0.25, 0.3) is 5.89 Å². The fourth-order valence-corrected chi connectivity index (χ4v) is 2.49. The van der Waals surface area contributed by atoms with Gasteiger partial charge in [0.1, 0.15) is 6.26 Å². The lowest BCUT2D eigenvalue weighted by molar-refractivity contribution is 0.335. The molecule has 0 radical (unpaired) electrons. The molecule has 106 valence electrons. The van der Waals surface area contributed by atoms with Crippen molar-refractivity contribution in [2.24, 2.45) is 0 Å². The van der Waals surface area contributed by atoms with Crippen molar-refractivity contribution >= 4 is 11.6 Å². The van der Waals surface area contributed by atoms with Crippen LogP contribution >= 0.6 is 11.6 Å². The van der Waals surface area contributed by atoms with Crippen molar-refractivity contribution in [2.75, 3.05) is 0 Å².